The molecule has 0 unspecified atom stereocenters. The Labute approximate surface area is 95.9 Å². The highest BCUT2D eigenvalue weighted by Gasteiger charge is 2.10. The third-order valence-electron chi connectivity index (χ3n) is 2.06. The van der Waals surface area contributed by atoms with Gasteiger partial charge in [-0.15, -0.1) is 35.7 Å². The van der Waals surface area contributed by atoms with E-state index < -0.39 is 0 Å². The average molecular weight is 240 g/mol. The summed E-state index contributed by atoms with van der Waals surface area (Å²) in [6.45, 7) is 0. The average Bonchev–Trinajstić information content (AvgIpc) is 2.61. The molecule has 1 aromatic heterocycles. The summed E-state index contributed by atoms with van der Waals surface area (Å²) in [6, 6.07) is 3.88. The van der Waals surface area contributed by atoms with E-state index in [0.717, 1.165) is 26.2 Å². The Morgan fingerprint density at radius 1 is 1.50 bits per heavy atom. The molecule has 2 aromatic rings. The fourth-order valence-corrected chi connectivity index (χ4v) is 3.48. The summed E-state index contributed by atoms with van der Waals surface area (Å²) in [4.78, 5) is 12.9. The highest BCUT2D eigenvalue weighted by atomic mass is 32.2. The minimum absolute atomic E-state index is 0.705. The second-order valence-electron chi connectivity index (χ2n) is 2.79. The van der Waals surface area contributed by atoms with Gasteiger partial charge in [-0.3, -0.25) is 4.79 Å². The van der Waals surface area contributed by atoms with Crippen molar-refractivity contribution in [2.24, 2.45) is 0 Å². The monoisotopic (exact) mass is 240 g/mol. The van der Waals surface area contributed by atoms with Gasteiger partial charge in [-0.25, -0.2) is 0 Å². The number of carbonyl (C=O) groups excluding carboxylic acids is 1. The number of thiol groups is 1. The van der Waals surface area contributed by atoms with Crippen molar-refractivity contribution in [2.75, 3.05) is 6.26 Å². The summed E-state index contributed by atoms with van der Waals surface area (Å²) >= 11 is 7.60. The number of carbonyl (C=O) groups is 1. The number of aldehydes is 1. The lowest BCUT2D eigenvalue weighted by Crippen LogP contribution is -1.84. The zero-order chi connectivity index (χ0) is 10.1. The number of thioether (sulfide) groups is 1. The summed E-state index contributed by atoms with van der Waals surface area (Å²) in [6.07, 6.45) is 2.90. The first kappa shape index (κ1) is 10.1. The van der Waals surface area contributed by atoms with E-state index in [1.54, 1.807) is 23.1 Å². The summed E-state index contributed by atoms with van der Waals surface area (Å²) in [7, 11) is 0. The largest absolute Gasteiger partial charge is 0.298 e. The van der Waals surface area contributed by atoms with Gasteiger partial charge in [-0.05, 0) is 18.4 Å². The van der Waals surface area contributed by atoms with E-state index in [1.807, 2.05) is 18.4 Å². The molecule has 0 radical (unpaired) electrons. The predicted molar refractivity (Wildman–Crippen MR) is 66.2 cm³/mol. The third kappa shape index (κ3) is 1.47. The first-order valence-electron chi connectivity index (χ1n) is 4.00. The zero-order valence-electron chi connectivity index (χ0n) is 7.48. The van der Waals surface area contributed by atoms with Crippen molar-refractivity contribution in [3.8, 4) is 0 Å². The number of thiophene rings is 1. The van der Waals surface area contributed by atoms with Gasteiger partial charge < -0.3 is 0 Å². The van der Waals surface area contributed by atoms with E-state index in [9.17, 15) is 4.79 Å². The molecule has 0 aliphatic carbocycles. The number of benzene rings is 1. The third-order valence-corrected chi connectivity index (χ3v) is 4.31. The number of hydrogen-bond acceptors (Lipinski definition) is 4. The van der Waals surface area contributed by atoms with Crippen LogP contribution in [0, 0.1) is 0 Å². The molecular weight excluding hydrogens is 232 g/mol. The topological polar surface area (TPSA) is 17.1 Å². The van der Waals surface area contributed by atoms with Crippen LogP contribution in [0.2, 0.25) is 0 Å². The quantitative estimate of drug-likeness (QED) is 0.489. The maximum Gasteiger partial charge on any atom is 0.151 e. The van der Waals surface area contributed by atoms with Crippen LogP contribution in [0.3, 0.4) is 0 Å². The van der Waals surface area contributed by atoms with E-state index in [0.29, 0.717) is 5.56 Å². The molecule has 0 fully saturated rings. The first-order valence-corrected chi connectivity index (χ1v) is 6.55. The van der Waals surface area contributed by atoms with Gasteiger partial charge in [0.15, 0.2) is 6.29 Å². The van der Waals surface area contributed by atoms with Crippen LogP contribution in [-0.2, 0) is 0 Å². The van der Waals surface area contributed by atoms with Crippen LogP contribution in [0.4, 0.5) is 0 Å². The van der Waals surface area contributed by atoms with E-state index >= 15 is 0 Å². The Hall–Kier alpha value is -0.450. The van der Waals surface area contributed by atoms with Gasteiger partial charge in [0.2, 0.25) is 0 Å². The standard InChI is InChI=1S/C10H8OS3/c1-13-9-5-14-8-3-2-7(12)6(4-11)10(8)9/h2-5,12H,1H3. The fourth-order valence-electron chi connectivity index (χ4n) is 1.39. The lowest BCUT2D eigenvalue weighted by molar-refractivity contribution is 0.112. The van der Waals surface area contributed by atoms with Crippen molar-refractivity contribution in [1.29, 1.82) is 0 Å². The molecule has 0 aliphatic heterocycles. The smallest absolute Gasteiger partial charge is 0.151 e. The Kier molecular flexibility index (Phi) is 2.85. The molecule has 1 aromatic carbocycles. The zero-order valence-corrected chi connectivity index (χ0v) is 10.0. The molecule has 4 heteroatoms. The van der Waals surface area contributed by atoms with Crippen LogP contribution in [-0.4, -0.2) is 12.5 Å². The van der Waals surface area contributed by atoms with Crippen molar-refractivity contribution in [3.63, 3.8) is 0 Å². The fraction of sp³-hybridized carbons (Fsp3) is 0.100. The first-order chi connectivity index (χ1) is 6.77. The van der Waals surface area contributed by atoms with Crippen LogP contribution in [0.1, 0.15) is 10.4 Å². The van der Waals surface area contributed by atoms with Gasteiger partial charge in [0.1, 0.15) is 0 Å². The van der Waals surface area contributed by atoms with Gasteiger partial charge in [0, 0.05) is 30.8 Å². The van der Waals surface area contributed by atoms with Crippen molar-refractivity contribution in [2.45, 2.75) is 9.79 Å². The highest BCUT2D eigenvalue weighted by Crippen LogP contribution is 2.36. The Morgan fingerprint density at radius 3 is 2.93 bits per heavy atom. The summed E-state index contributed by atoms with van der Waals surface area (Å²) in [5.74, 6) is 0. The molecule has 0 atom stereocenters. The second kappa shape index (κ2) is 3.96. The van der Waals surface area contributed by atoms with Crippen LogP contribution in [0.15, 0.2) is 27.3 Å². The molecule has 0 amide bonds. The van der Waals surface area contributed by atoms with Crippen molar-refractivity contribution < 1.29 is 4.79 Å². The lowest BCUT2D eigenvalue weighted by Gasteiger charge is -2.01. The van der Waals surface area contributed by atoms with Gasteiger partial charge in [0.25, 0.3) is 0 Å². The lowest BCUT2D eigenvalue weighted by atomic mass is 10.1. The molecule has 0 N–H and O–H groups in total. The van der Waals surface area contributed by atoms with E-state index in [1.165, 1.54) is 0 Å². The van der Waals surface area contributed by atoms with E-state index in [4.69, 9.17) is 0 Å². The summed E-state index contributed by atoms with van der Waals surface area (Å²) in [5.41, 5.74) is 0.705. The van der Waals surface area contributed by atoms with Gasteiger partial charge in [-0.1, -0.05) is 0 Å². The maximum absolute atomic E-state index is 11.0. The minimum atomic E-state index is 0.705. The Balaban J connectivity index is 2.88. The van der Waals surface area contributed by atoms with Crippen LogP contribution in [0.25, 0.3) is 10.1 Å². The Bertz CT molecular complexity index is 487. The maximum atomic E-state index is 11.0. The van der Waals surface area contributed by atoms with Crippen molar-refractivity contribution in [1.82, 2.24) is 0 Å². The summed E-state index contributed by atoms with van der Waals surface area (Å²) < 4.78 is 1.15. The molecule has 72 valence electrons. The molecule has 0 saturated heterocycles. The van der Waals surface area contributed by atoms with Crippen LogP contribution < -0.4 is 0 Å². The number of fused-ring (bicyclic) bond motifs is 1. The van der Waals surface area contributed by atoms with Gasteiger partial charge in [-0.2, -0.15) is 0 Å². The molecule has 0 bridgehead atoms. The second-order valence-corrected chi connectivity index (χ2v) is 5.03. The molecule has 0 saturated carbocycles. The molecule has 0 aliphatic rings. The molecular formula is C10H8OS3. The molecule has 2 rings (SSSR count). The summed E-state index contributed by atoms with van der Waals surface area (Å²) in [5, 5.41) is 3.13. The molecule has 1 heterocycles. The van der Waals surface area contributed by atoms with E-state index in [2.05, 4.69) is 18.0 Å². The van der Waals surface area contributed by atoms with Crippen molar-refractivity contribution >= 4 is 52.1 Å². The SMILES string of the molecule is CSc1csc2ccc(S)c(C=O)c12. The molecule has 14 heavy (non-hydrogen) atoms. The van der Waals surface area contributed by atoms with Gasteiger partial charge in [0.05, 0.1) is 0 Å². The minimum Gasteiger partial charge on any atom is -0.298 e. The van der Waals surface area contributed by atoms with Crippen LogP contribution in [0.5, 0.6) is 0 Å². The van der Waals surface area contributed by atoms with Crippen molar-refractivity contribution in [3.05, 3.63) is 23.1 Å². The predicted octanol–water partition coefficient (Wildman–Crippen LogP) is 3.72. The number of rotatable bonds is 2. The van der Waals surface area contributed by atoms with Gasteiger partial charge >= 0.3 is 0 Å². The molecule has 1 nitrogen and oxygen atoms in total. The molecule has 0 spiro atoms. The Morgan fingerprint density at radius 2 is 2.29 bits per heavy atom. The van der Waals surface area contributed by atoms with Crippen LogP contribution >= 0.6 is 35.7 Å². The normalized spacial score (nSPS) is 10.7. The number of hydrogen-bond donors (Lipinski definition) is 1. The highest BCUT2D eigenvalue weighted by molar-refractivity contribution is 7.99. The van der Waals surface area contributed by atoms with E-state index in [-0.39, 0.29) is 0 Å².